The van der Waals surface area contributed by atoms with Crippen molar-refractivity contribution in [1.82, 2.24) is 10.3 Å². The number of amides is 2. The Morgan fingerprint density at radius 2 is 2.04 bits per heavy atom. The summed E-state index contributed by atoms with van der Waals surface area (Å²) in [5.74, 6) is 1.47. The van der Waals surface area contributed by atoms with Gasteiger partial charge in [-0.2, -0.15) is 0 Å². The number of nitrogens with one attached hydrogen (secondary N) is 2. The van der Waals surface area contributed by atoms with E-state index in [1.165, 1.54) is 6.42 Å². The minimum absolute atomic E-state index is 0.0747. The average Bonchev–Trinajstić information content (AvgIpc) is 3.33. The topological polar surface area (TPSA) is 74.3 Å². The molecule has 3 rings (SSSR count). The third-order valence-electron chi connectivity index (χ3n) is 4.81. The molecule has 2 aliphatic rings. The van der Waals surface area contributed by atoms with Crippen LogP contribution < -0.4 is 15.5 Å². The van der Waals surface area contributed by atoms with Gasteiger partial charge in [0.05, 0.1) is 5.69 Å². The maximum atomic E-state index is 12.2. The molecule has 1 saturated heterocycles. The molecule has 1 aliphatic heterocycles. The number of hydrogen-bond acceptors (Lipinski definition) is 4. The number of nitrogens with zero attached hydrogens (tertiary/aromatic N) is 2. The van der Waals surface area contributed by atoms with Gasteiger partial charge in [0, 0.05) is 38.2 Å². The fourth-order valence-electron chi connectivity index (χ4n) is 3.18. The van der Waals surface area contributed by atoms with E-state index in [2.05, 4.69) is 27.4 Å². The van der Waals surface area contributed by atoms with E-state index in [1.807, 2.05) is 12.1 Å². The van der Waals surface area contributed by atoms with Gasteiger partial charge in [0.15, 0.2) is 5.82 Å². The molecule has 1 aliphatic carbocycles. The second kappa shape index (κ2) is 7.64. The average molecular weight is 330 g/mol. The van der Waals surface area contributed by atoms with Gasteiger partial charge in [0.25, 0.3) is 0 Å². The summed E-state index contributed by atoms with van der Waals surface area (Å²) in [5.41, 5.74) is 0.756. The van der Waals surface area contributed by atoms with Crippen molar-refractivity contribution in [1.29, 1.82) is 0 Å². The lowest BCUT2D eigenvalue weighted by Gasteiger charge is -2.29. The van der Waals surface area contributed by atoms with Crippen LogP contribution in [0.2, 0.25) is 0 Å². The van der Waals surface area contributed by atoms with Crippen LogP contribution in [0, 0.1) is 11.8 Å². The Kier molecular flexibility index (Phi) is 5.33. The van der Waals surface area contributed by atoms with Crippen LogP contribution in [-0.4, -0.2) is 36.4 Å². The predicted octanol–water partition coefficient (Wildman–Crippen LogP) is 2.17. The Hall–Kier alpha value is -2.11. The van der Waals surface area contributed by atoms with Gasteiger partial charge in [-0.25, -0.2) is 4.98 Å². The fraction of sp³-hybridized carbons (Fsp3) is 0.611. The van der Waals surface area contributed by atoms with Crippen LogP contribution in [0.4, 0.5) is 11.5 Å². The number of rotatable bonds is 6. The molecule has 0 bridgehead atoms. The van der Waals surface area contributed by atoms with Gasteiger partial charge in [-0.3, -0.25) is 9.59 Å². The van der Waals surface area contributed by atoms with Crippen LogP contribution >= 0.6 is 0 Å². The molecule has 2 heterocycles. The van der Waals surface area contributed by atoms with Gasteiger partial charge < -0.3 is 15.5 Å². The number of carbonyl (C=O) groups excluding carboxylic acids is 2. The summed E-state index contributed by atoms with van der Waals surface area (Å²) in [5, 5.41) is 5.78. The first-order chi connectivity index (χ1) is 11.6. The minimum Gasteiger partial charge on any atom is -0.355 e. The van der Waals surface area contributed by atoms with Gasteiger partial charge in [-0.15, -0.1) is 0 Å². The van der Waals surface area contributed by atoms with Crippen molar-refractivity contribution in [2.75, 3.05) is 29.9 Å². The zero-order chi connectivity index (χ0) is 16.9. The summed E-state index contributed by atoms with van der Waals surface area (Å²) in [7, 11) is 0. The monoisotopic (exact) mass is 330 g/mol. The lowest BCUT2D eigenvalue weighted by Crippen LogP contribution is -2.32. The zero-order valence-electron chi connectivity index (χ0n) is 14.3. The first kappa shape index (κ1) is 16.7. The number of aromatic nitrogens is 1. The zero-order valence-corrected chi connectivity index (χ0v) is 14.3. The summed E-state index contributed by atoms with van der Waals surface area (Å²) in [6.07, 6.45) is 6.58. The molecule has 0 unspecified atom stereocenters. The molecule has 0 spiro atoms. The molecule has 0 radical (unpaired) electrons. The smallest absolute Gasteiger partial charge is 0.226 e. The molecule has 0 aromatic carbocycles. The third-order valence-corrected chi connectivity index (χ3v) is 4.81. The highest BCUT2D eigenvalue weighted by atomic mass is 16.2. The highest BCUT2D eigenvalue weighted by molar-refractivity contribution is 5.94. The molecule has 2 amide bonds. The molecule has 6 nitrogen and oxygen atoms in total. The molecule has 1 aromatic heterocycles. The lowest BCUT2D eigenvalue weighted by atomic mass is 10.1. The summed E-state index contributed by atoms with van der Waals surface area (Å²) >= 11 is 0. The molecule has 1 saturated carbocycles. The van der Waals surface area contributed by atoms with Gasteiger partial charge >= 0.3 is 0 Å². The number of piperidine rings is 1. The summed E-state index contributed by atoms with van der Waals surface area (Å²) in [6, 6.07) is 3.72. The molecule has 2 N–H and O–H groups in total. The highest BCUT2D eigenvalue weighted by Gasteiger charge is 2.38. The van der Waals surface area contributed by atoms with E-state index in [0.29, 0.717) is 12.5 Å². The van der Waals surface area contributed by atoms with Crippen molar-refractivity contribution in [3.05, 3.63) is 18.3 Å². The quantitative estimate of drug-likeness (QED) is 0.838. The number of anilines is 2. The highest BCUT2D eigenvalue weighted by Crippen LogP contribution is 2.37. The summed E-state index contributed by atoms with van der Waals surface area (Å²) in [4.78, 5) is 30.6. The Labute approximate surface area is 143 Å². The maximum Gasteiger partial charge on any atom is 0.226 e. The maximum absolute atomic E-state index is 12.2. The van der Waals surface area contributed by atoms with Crippen LogP contribution in [0.5, 0.6) is 0 Å². The number of pyridine rings is 1. The molecule has 2 atom stereocenters. The van der Waals surface area contributed by atoms with Crippen LogP contribution in [0.3, 0.4) is 0 Å². The van der Waals surface area contributed by atoms with Gasteiger partial charge in [-0.05, 0) is 43.7 Å². The van der Waals surface area contributed by atoms with Gasteiger partial charge in [0.1, 0.15) is 0 Å². The molecular formula is C18H26N4O2. The molecule has 24 heavy (non-hydrogen) atoms. The molecule has 2 fully saturated rings. The Balaban J connectivity index is 1.49. The first-order valence-corrected chi connectivity index (χ1v) is 8.92. The summed E-state index contributed by atoms with van der Waals surface area (Å²) < 4.78 is 0. The molecular weight excluding hydrogens is 304 g/mol. The van der Waals surface area contributed by atoms with E-state index in [0.717, 1.165) is 43.9 Å². The fourth-order valence-corrected chi connectivity index (χ4v) is 3.18. The van der Waals surface area contributed by atoms with E-state index >= 15 is 0 Å². The largest absolute Gasteiger partial charge is 0.355 e. The minimum atomic E-state index is -0.0922. The molecule has 6 heteroatoms. The SMILES string of the molecule is C[C@H]1C[C@@H]1C(=O)NCCC(=O)Nc1cccnc1N1CCCCC1. The van der Waals surface area contributed by atoms with E-state index in [9.17, 15) is 9.59 Å². The Morgan fingerprint density at radius 3 is 2.75 bits per heavy atom. The Morgan fingerprint density at radius 1 is 1.29 bits per heavy atom. The number of hydrogen-bond donors (Lipinski definition) is 2. The molecule has 1 aromatic rings. The summed E-state index contributed by atoms with van der Waals surface area (Å²) in [6.45, 7) is 4.42. The lowest BCUT2D eigenvalue weighted by molar-refractivity contribution is -0.122. The van der Waals surface area contributed by atoms with Crippen LogP contribution in [0.15, 0.2) is 18.3 Å². The Bertz CT molecular complexity index is 598. The van der Waals surface area contributed by atoms with Crippen molar-refractivity contribution >= 4 is 23.3 Å². The second-order valence-electron chi connectivity index (χ2n) is 6.83. The van der Waals surface area contributed by atoms with Crippen LogP contribution in [0.25, 0.3) is 0 Å². The van der Waals surface area contributed by atoms with E-state index in [4.69, 9.17) is 0 Å². The van der Waals surface area contributed by atoms with Crippen molar-refractivity contribution in [2.24, 2.45) is 11.8 Å². The van der Waals surface area contributed by atoms with E-state index in [1.54, 1.807) is 6.20 Å². The first-order valence-electron chi connectivity index (χ1n) is 8.92. The predicted molar refractivity (Wildman–Crippen MR) is 93.8 cm³/mol. The van der Waals surface area contributed by atoms with Crippen molar-refractivity contribution in [3.8, 4) is 0 Å². The normalized spacial score (nSPS) is 22.8. The third kappa shape index (κ3) is 4.24. The van der Waals surface area contributed by atoms with Crippen LogP contribution in [-0.2, 0) is 9.59 Å². The van der Waals surface area contributed by atoms with E-state index < -0.39 is 0 Å². The standard InChI is InChI=1S/C18H26N4O2/c1-13-12-14(13)18(24)20-9-7-16(23)21-15-6-5-8-19-17(15)22-10-3-2-4-11-22/h5-6,8,13-14H,2-4,7,9-12H2,1H3,(H,20,24)(H,21,23)/t13-,14-/m0/s1. The van der Waals surface area contributed by atoms with Crippen molar-refractivity contribution in [2.45, 2.75) is 39.0 Å². The van der Waals surface area contributed by atoms with Crippen molar-refractivity contribution in [3.63, 3.8) is 0 Å². The second-order valence-corrected chi connectivity index (χ2v) is 6.83. The number of carbonyl (C=O) groups is 2. The van der Waals surface area contributed by atoms with E-state index in [-0.39, 0.29) is 24.2 Å². The van der Waals surface area contributed by atoms with Gasteiger partial charge in [-0.1, -0.05) is 6.92 Å². The molecule has 130 valence electrons. The van der Waals surface area contributed by atoms with Gasteiger partial charge in [0.2, 0.25) is 11.8 Å². The van der Waals surface area contributed by atoms with Crippen molar-refractivity contribution < 1.29 is 9.59 Å². The van der Waals surface area contributed by atoms with Crippen LogP contribution in [0.1, 0.15) is 39.0 Å².